The molecule has 0 atom stereocenters. The SMILES string of the molecule is COCCOC1CCN(C(=O)Cc2cc(C)no2)CC1. The zero-order valence-corrected chi connectivity index (χ0v) is 12.1. The van der Waals surface area contributed by atoms with Gasteiger partial charge in [0.2, 0.25) is 5.91 Å². The Morgan fingerprint density at radius 3 is 2.80 bits per heavy atom. The molecule has 2 rings (SSSR count). The van der Waals surface area contributed by atoms with Crippen molar-refractivity contribution in [1.82, 2.24) is 10.1 Å². The monoisotopic (exact) mass is 282 g/mol. The van der Waals surface area contributed by atoms with Gasteiger partial charge in [0.05, 0.1) is 31.4 Å². The maximum absolute atomic E-state index is 12.1. The Labute approximate surface area is 119 Å². The quantitative estimate of drug-likeness (QED) is 0.733. The lowest BCUT2D eigenvalue weighted by atomic mass is 10.1. The number of rotatable bonds is 6. The second kappa shape index (κ2) is 7.40. The van der Waals surface area contributed by atoms with Crippen molar-refractivity contribution in [3.8, 4) is 0 Å². The Morgan fingerprint density at radius 2 is 2.20 bits per heavy atom. The van der Waals surface area contributed by atoms with Crippen LogP contribution in [0.2, 0.25) is 0 Å². The predicted molar refractivity (Wildman–Crippen MR) is 72.4 cm³/mol. The van der Waals surface area contributed by atoms with Crippen molar-refractivity contribution in [2.24, 2.45) is 0 Å². The molecule has 2 heterocycles. The summed E-state index contributed by atoms with van der Waals surface area (Å²) in [6.07, 6.45) is 2.29. The van der Waals surface area contributed by atoms with E-state index in [2.05, 4.69) is 5.16 Å². The number of hydrogen-bond donors (Lipinski definition) is 0. The molecule has 6 nitrogen and oxygen atoms in total. The van der Waals surface area contributed by atoms with Crippen LogP contribution < -0.4 is 0 Å². The van der Waals surface area contributed by atoms with Gasteiger partial charge in [0.15, 0.2) is 0 Å². The predicted octanol–water partition coefficient (Wildman–Crippen LogP) is 1.18. The van der Waals surface area contributed by atoms with E-state index < -0.39 is 0 Å². The van der Waals surface area contributed by atoms with Crippen LogP contribution in [0.3, 0.4) is 0 Å². The van der Waals surface area contributed by atoms with Crippen molar-refractivity contribution in [3.63, 3.8) is 0 Å². The van der Waals surface area contributed by atoms with Crippen molar-refractivity contribution in [1.29, 1.82) is 0 Å². The average Bonchev–Trinajstić information content (AvgIpc) is 2.85. The van der Waals surface area contributed by atoms with Crippen LogP contribution in [0.1, 0.15) is 24.3 Å². The highest BCUT2D eigenvalue weighted by atomic mass is 16.5. The molecule has 0 bridgehead atoms. The van der Waals surface area contributed by atoms with Gasteiger partial charge in [-0.3, -0.25) is 4.79 Å². The lowest BCUT2D eigenvalue weighted by Gasteiger charge is -2.31. The molecule has 1 aromatic rings. The number of aromatic nitrogens is 1. The third-order valence-corrected chi connectivity index (χ3v) is 3.44. The second-order valence-electron chi connectivity index (χ2n) is 5.06. The molecule has 1 saturated heterocycles. The second-order valence-corrected chi connectivity index (χ2v) is 5.06. The first-order valence-electron chi connectivity index (χ1n) is 6.99. The molecule has 0 saturated carbocycles. The summed E-state index contributed by atoms with van der Waals surface area (Å²) >= 11 is 0. The number of methoxy groups -OCH3 is 1. The van der Waals surface area contributed by atoms with Crippen molar-refractivity contribution in [3.05, 3.63) is 17.5 Å². The summed E-state index contributed by atoms with van der Waals surface area (Å²) in [5.74, 6) is 0.724. The van der Waals surface area contributed by atoms with Gasteiger partial charge in [-0.25, -0.2) is 0 Å². The van der Waals surface area contributed by atoms with Gasteiger partial charge in [-0.05, 0) is 19.8 Å². The smallest absolute Gasteiger partial charge is 0.230 e. The van der Waals surface area contributed by atoms with E-state index in [9.17, 15) is 4.79 Å². The van der Waals surface area contributed by atoms with E-state index in [1.165, 1.54) is 0 Å². The normalized spacial score (nSPS) is 16.6. The summed E-state index contributed by atoms with van der Waals surface area (Å²) in [6.45, 7) is 4.56. The molecule has 1 fully saturated rings. The van der Waals surface area contributed by atoms with Crippen LogP contribution in [0.5, 0.6) is 0 Å². The molecule has 1 aliphatic rings. The molecular weight excluding hydrogens is 260 g/mol. The van der Waals surface area contributed by atoms with Gasteiger partial charge in [0.1, 0.15) is 5.76 Å². The molecule has 20 heavy (non-hydrogen) atoms. The zero-order valence-electron chi connectivity index (χ0n) is 12.1. The number of carbonyl (C=O) groups is 1. The van der Waals surface area contributed by atoms with Crippen LogP contribution in [0.4, 0.5) is 0 Å². The van der Waals surface area contributed by atoms with Crippen molar-refractivity contribution in [2.45, 2.75) is 32.3 Å². The third kappa shape index (κ3) is 4.31. The van der Waals surface area contributed by atoms with Gasteiger partial charge < -0.3 is 18.9 Å². The minimum absolute atomic E-state index is 0.0940. The van der Waals surface area contributed by atoms with Gasteiger partial charge in [-0.1, -0.05) is 5.16 Å². The van der Waals surface area contributed by atoms with Crippen LogP contribution in [-0.2, 0) is 20.7 Å². The van der Waals surface area contributed by atoms with Crippen molar-refractivity contribution in [2.75, 3.05) is 33.4 Å². The van der Waals surface area contributed by atoms with Crippen molar-refractivity contribution >= 4 is 5.91 Å². The molecule has 0 N–H and O–H groups in total. The van der Waals surface area contributed by atoms with Crippen LogP contribution >= 0.6 is 0 Å². The van der Waals surface area contributed by atoms with Gasteiger partial charge >= 0.3 is 0 Å². The third-order valence-electron chi connectivity index (χ3n) is 3.44. The summed E-state index contributed by atoms with van der Waals surface area (Å²) in [6, 6.07) is 1.80. The lowest BCUT2D eigenvalue weighted by molar-refractivity contribution is -0.133. The topological polar surface area (TPSA) is 64.8 Å². The first kappa shape index (κ1) is 15.0. The van der Waals surface area contributed by atoms with E-state index >= 15 is 0 Å². The molecule has 0 unspecified atom stereocenters. The number of piperidine rings is 1. The Balaban J connectivity index is 1.71. The Kier molecular flexibility index (Phi) is 5.55. The number of aryl methyl sites for hydroxylation is 1. The van der Waals surface area contributed by atoms with Crippen LogP contribution in [0.25, 0.3) is 0 Å². The van der Waals surface area contributed by atoms with Gasteiger partial charge in [-0.2, -0.15) is 0 Å². The summed E-state index contributed by atoms with van der Waals surface area (Å²) in [5.41, 5.74) is 0.804. The van der Waals surface area contributed by atoms with E-state index in [1.54, 1.807) is 13.2 Å². The molecule has 112 valence electrons. The Hall–Kier alpha value is -1.40. The Morgan fingerprint density at radius 1 is 1.45 bits per heavy atom. The van der Waals surface area contributed by atoms with Gasteiger partial charge in [-0.15, -0.1) is 0 Å². The van der Waals surface area contributed by atoms with E-state index in [-0.39, 0.29) is 18.4 Å². The molecule has 0 aliphatic carbocycles. The number of ether oxygens (including phenoxy) is 2. The summed E-state index contributed by atoms with van der Waals surface area (Å²) in [7, 11) is 1.66. The number of nitrogens with zero attached hydrogens (tertiary/aromatic N) is 2. The fraction of sp³-hybridized carbons (Fsp3) is 0.714. The number of carbonyl (C=O) groups excluding carboxylic acids is 1. The molecule has 0 aromatic carbocycles. The van der Waals surface area contributed by atoms with Crippen molar-refractivity contribution < 1.29 is 18.8 Å². The molecule has 1 amide bonds. The molecule has 1 aliphatic heterocycles. The fourth-order valence-corrected chi connectivity index (χ4v) is 2.33. The molecule has 6 heteroatoms. The summed E-state index contributed by atoms with van der Waals surface area (Å²) < 4.78 is 15.7. The largest absolute Gasteiger partial charge is 0.382 e. The van der Waals surface area contributed by atoms with Gasteiger partial charge in [0.25, 0.3) is 0 Å². The van der Waals surface area contributed by atoms with Crippen LogP contribution in [-0.4, -0.2) is 55.5 Å². The molecule has 0 spiro atoms. The summed E-state index contributed by atoms with van der Waals surface area (Å²) in [4.78, 5) is 14.0. The van der Waals surface area contributed by atoms with E-state index in [4.69, 9.17) is 14.0 Å². The highest BCUT2D eigenvalue weighted by Gasteiger charge is 2.23. The lowest BCUT2D eigenvalue weighted by Crippen LogP contribution is -2.41. The standard InChI is InChI=1S/C14H22N2O4/c1-11-9-13(20-15-11)10-14(17)16-5-3-12(4-6-16)19-8-7-18-2/h9,12H,3-8,10H2,1-2H3. The van der Waals surface area contributed by atoms with Crippen LogP contribution in [0.15, 0.2) is 10.6 Å². The Bertz CT molecular complexity index is 425. The molecule has 1 aromatic heterocycles. The highest BCUT2D eigenvalue weighted by molar-refractivity contribution is 5.78. The first-order chi connectivity index (χ1) is 9.69. The van der Waals surface area contributed by atoms with E-state index in [0.29, 0.717) is 19.0 Å². The number of amides is 1. The average molecular weight is 282 g/mol. The summed E-state index contributed by atoms with van der Waals surface area (Å²) in [5, 5.41) is 3.79. The molecule has 0 radical (unpaired) electrons. The maximum Gasteiger partial charge on any atom is 0.230 e. The van der Waals surface area contributed by atoms with E-state index in [1.807, 2.05) is 11.8 Å². The van der Waals surface area contributed by atoms with Crippen LogP contribution in [0, 0.1) is 6.92 Å². The number of likely N-dealkylation sites (tertiary alicyclic amines) is 1. The first-order valence-corrected chi connectivity index (χ1v) is 6.99. The minimum atomic E-state index is 0.0940. The fourth-order valence-electron chi connectivity index (χ4n) is 2.33. The maximum atomic E-state index is 12.1. The highest BCUT2D eigenvalue weighted by Crippen LogP contribution is 2.15. The molecular formula is C14H22N2O4. The zero-order chi connectivity index (χ0) is 14.4. The number of hydrogen-bond acceptors (Lipinski definition) is 5. The minimum Gasteiger partial charge on any atom is -0.382 e. The van der Waals surface area contributed by atoms with E-state index in [0.717, 1.165) is 31.6 Å². The van der Waals surface area contributed by atoms with Gasteiger partial charge in [0, 0.05) is 26.3 Å².